The predicted molar refractivity (Wildman–Crippen MR) is 116 cm³/mol. The number of pyridine rings is 2. The van der Waals surface area contributed by atoms with E-state index in [9.17, 15) is 0 Å². The Labute approximate surface area is 174 Å². The van der Waals surface area contributed by atoms with Gasteiger partial charge in [-0.1, -0.05) is 39.8 Å². The quantitative estimate of drug-likeness (QED) is 0.390. The molecule has 0 spiro atoms. The number of rotatable bonds is 3. The van der Waals surface area contributed by atoms with Crippen LogP contribution in [0.1, 0.15) is 68.6 Å². The van der Waals surface area contributed by atoms with E-state index < -0.39 is 18.6 Å². The van der Waals surface area contributed by atoms with Gasteiger partial charge >= 0.3 is 0 Å². The van der Waals surface area contributed by atoms with Crippen LogP contribution in [0.4, 0.5) is 0 Å². The van der Waals surface area contributed by atoms with Gasteiger partial charge < -0.3 is 4.42 Å². The van der Waals surface area contributed by atoms with E-state index in [2.05, 4.69) is 4.98 Å². The summed E-state index contributed by atoms with van der Waals surface area (Å²) in [5.41, 5.74) is 5.69. The lowest BCUT2D eigenvalue weighted by Crippen LogP contribution is -2.31. The van der Waals surface area contributed by atoms with Gasteiger partial charge in [-0.2, -0.15) is 0 Å². The average molecular weight is 379 g/mol. The Morgan fingerprint density at radius 2 is 1.89 bits per heavy atom. The molecule has 28 heavy (non-hydrogen) atoms. The first kappa shape index (κ1) is 13.5. The zero-order valence-electron chi connectivity index (χ0n) is 22.3. The predicted octanol–water partition coefficient (Wildman–Crippen LogP) is 6.34. The third-order valence-electron chi connectivity index (χ3n) is 5.33. The zero-order valence-corrected chi connectivity index (χ0v) is 17.3. The van der Waals surface area contributed by atoms with Crippen LogP contribution in [-0.2, 0) is 7.05 Å². The second kappa shape index (κ2) is 6.73. The lowest BCUT2D eigenvalue weighted by atomic mass is 9.94. The molecule has 0 bridgehead atoms. The molecule has 0 N–H and O–H groups in total. The van der Waals surface area contributed by atoms with E-state index in [1.54, 1.807) is 18.3 Å². The molecule has 1 aromatic carbocycles. The van der Waals surface area contributed by atoms with Crippen molar-refractivity contribution in [3.8, 4) is 11.3 Å². The summed E-state index contributed by atoms with van der Waals surface area (Å²) in [4.78, 5) is 4.60. The molecular weight excluding hydrogens is 344 g/mol. The molecule has 0 fully saturated rings. The van der Waals surface area contributed by atoms with Gasteiger partial charge in [0.05, 0.1) is 10.9 Å². The molecule has 0 amide bonds. The van der Waals surface area contributed by atoms with E-state index in [0.29, 0.717) is 16.9 Å². The number of furan rings is 1. The van der Waals surface area contributed by atoms with Crippen molar-refractivity contribution in [1.82, 2.24) is 4.98 Å². The Balaban J connectivity index is 2.09. The van der Waals surface area contributed by atoms with Crippen molar-refractivity contribution >= 4 is 22.1 Å². The number of benzene rings is 1. The van der Waals surface area contributed by atoms with Gasteiger partial charge in [0.2, 0.25) is 11.4 Å². The first-order chi connectivity index (χ1) is 15.1. The molecule has 0 saturated carbocycles. The molecule has 0 saturated heterocycles. The van der Waals surface area contributed by atoms with Crippen molar-refractivity contribution in [3.05, 3.63) is 58.9 Å². The van der Waals surface area contributed by atoms with Crippen LogP contribution in [0.3, 0.4) is 0 Å². The molecule has 0 aliphatic heterocycles. The second-order valence-corrected chi connectivity index (χ2v) is 7.76. The molecule has 4 rings (SSSR count). The smallest absolute Gasteiger partial charge is 0.227 e. The second-order valence-electron chi connectivity index (χ2n) is 7.76. The Morgan fingerprint density at radius 3 is 2.61 bits per heavy atom. The minimum atomic E-state index is -2.47. The summed E-state index contributed by atoms with van der Waals surface area (Å²) in [7, 11) is 1.89. The summed E-state index contributed by atoms with van der Waals surface area (Å²) in [5, 5.41) is 1.69. The molecule has 144 valence electrons. The van der Waals surface area contributed by atoms with E-state index in [1.807, 2.05) is 57.5 Å². The van der Waals surface area contributed by atoms with Gasteiger partial charge in [-0.25, -0.2) is 9.55 Å². The van der Waals surface area contributed by atoms with Crippen molar-refractivity contribution < 1.29 is 15.8 Å². The van der Waals surface area contributed by atoms with Crippen LogP contribution in [0.25, 0.3) is 33.3 Å². The van der Waals surface area contributed by atoms with Crippen LogP contribution in [0, 0.1) is 13.8 Å². The number of hydrogen-bond donors (Lipinski definition) is 0. The largest absolute Gasteiger partial charge is 0.437 e. The summed E-state index contributed by atoms with van der Waals surface area (Å²) in [6.07, 6.45) is 1.78. The lowest BCUT2D eigenvalue weighted by molar-refractivity contribution is -0.660. The number of aryl methyl sites for hydroxylation is 3. The fourth-order valence-corrected chi connectivity index (χ4v) is 3.82. The first-order valence-electron chi connectivity index (χ1n) is 12.0. The van der Waals surface area contributed by atoms with Gasteiger partial charge in [-0.3, -0.25) is 0 Å². The maximum Gasteiger partial charge on any atom is 0.227 e. The lowest BCUT2D eigenvalue weighted by Gasteiger charge is -2.10. The zero-order chi connectivity index (χ0) is 24.5. The highest BCUT2D eigenvalue weighted by molar-refractivity contribution is 6.10. The van der Waals surface area contributed by atoms with Gasteiger partial charge in [0, 0.05) is 30.1 Å². The molecule has 4 aromatic rings. The average Bonchev–Trinajstić information content (AvgIpc) is 3.04. The van der Waals surface area contributed by atoms with Crippen LogP contribution in [0.2, 0.25) is 0 Å². The summed E-state index contributed by atoms with van der Waals surface area (Å²) in [5.74, 6) is -2.60. The molecule has 0 radical (unpaired) electrons. The number of aromatic nitrogens is 2. The number of nitrogens with zero attached hydrogens (tertiary/aromatic N) is 2. The first-order valence-corrected chi connectivity index (χ1v) is 9.47. The van der Waals surface area contributed by atoms with Crippen LogP contribution in [0.15, 0.2) is 40.9 Å². The minimum absolute atomic E-state index is 0.407. The maximum absolute atomic E-state index is 8.67. The standard InChI is InChI=1S/C25H29N2O/c1-14(2)18-10-11-27(7)21(13-18)22-16(5)8-9-19-23-20(15(3)4)12-17(6)26-25(23)28-24(19)22/h8-15H,1-7H3/q+1/i1D3,14D,15D. The molecule has 3 aromatic heterocycles. The number of hydrogen-bond acceptors (Lipinski definition) is 2. The minimum Gasteiger partial charge on any atom is -0.437 e. The van der Waals surface area contributed by atoms with Crippen molar-refractivity contribution in [1.29, 1.82) is 0 Å². The highest BCUT2D eigenvalue weighted by Crippen LogP contribution is 2.39. The molecular formula is C25H29N2O+. The molecule has 1 atom stereocenters. The van der Waals surface area contributed by atoms with Crippen LogP contribution in [0.5, 0.6) is 0 Å². The van der Waals surface area contributed by atoms with Gasteiger partial charge in [0.15, 0.2) is 11.8 Å². The summed E-state index contributed by atoms with van der Waals surface area (Å²) < 4.78 is 49.0. The Kier molecular flexibility index (Phi) is 3.24. The summed E-state index contributed by atoms with van der Waals surface area (Å²) in [6.45, 7) is 6.52. The highest BCUT2D eigenvalue weighted by Gasteiger charge is 2.23. The molecule has 0 aliphatic carbocycles. The van der Waals surface area contributed by atoms with E-state index >= 15 is 0 Å². The van der Waals surface area contributed by atoms with E-state index in [4.69, 9.17) is 11.3 Å². The molecule has 3 nitrogen and oxygen atoms in total. The topological polar surface area (TPSA) is 29.9 Å². The third kappa shape index (κ3) is 2.90. The van der Waals surface area contributed by atoms with E-state index in [1.165, 1.54) is 6.92 Å². The molecule has 0 aliphatic rings. The van der Waals surface area contributed by atoms with Crippen molar-refractivity contribution in [2.24, 2.45) is 7.05 Å². The van der Waals surface area contributed by atoms with Crippen molar-refractivity contribution in [3.63, 3.8) is 0 Å². The Hall–Kier alpha value is -2.68. The van der Waals surface area contributed by atoms with Gasteiger partial charge in [0.1, 0.15) is 7.05 Å². The summed E-state index contributed by atoms with van der Waals surface area (Å²) in [6, 6.07) is 9.38. The van der Waals surface area contributed by atoms with Crippen LogP contribution in [-0.4, -0.2) is 4.98 Å². The van der Waals surface area contributed by atoms with Gasteiger partial charge in [-0.05, 0) is 48.4 Å². The fraction of sp³-hybridized carbons (Fsp3) is 0.360. The monoisotopic (exact) mass is 378 g/mol. The van der Waals surface area contributed by atoms with Gasteiger partial charge in [0.25, 0.3) is 0 Å². The highest BCUT2D eigenvalue weighted by atomic mass is 16.3. The SMILES string of the molecule is [2H]C(C)(C)c1cc(C)nc2oc3c(-c4cc(C([2H])(C)C([2H])([2H])[2H])cc[n+]4C)c(C)ccc3c12. The van der Waals surface area contributed by atoms with Gasteiger partial charge in [-0.15, -0.1) is 0 Å². The van der Waals surface area contributed by atoms with Crippen LogP contribution >= 0.6 is 0 Å². The molecule has 3 heterocycles. The third-order valence-corrected chi connectivity index (χ3v) is 5.33. The van der Waals surface area contributed by atoms with Crippen LogP contribution < -0.4 is 4.57 Å². The Bertz CT molecular complexity index is 1390. The van der Waals surface area contributed by atoms with E-state index in [0.717, 1.165) is 38.9 Å². The van der Waals surface area contributed by atoms with E-state index in [-0.39, 0.29) is 0 Å². The normalized spacial score (nSPS) is 17.6. The van der Waals surface area contributed by atoms with Crippen molar-refractivity contribution in [2.75, 3.05) is 0 Å². The number of fused-ring (bicyclic) bond motifs is 3. The Morgan fingerprint density at radius 1 is 1.11 bits per heavy atom. The molecule has 1 unspecified atom stereocenters. The van der Waals surface area contributed by atoms with Crippen molar-refractivity contribution in [2.45, 2.75) is 53.3 Å². The maximum atomic E-state index is 8.67. The molecule has 3 heteroatoms. The fourth-order valence-electron chi connectivity index (χ4n) is 3.82. The summed E-state index contributed by atoms with van der Waals surface area (Å²) >= 11 is 0.